The molecule has 1 fully saturated rings. The van der Waals surface area contributed by atoms with Crippen LogP contribution in [0.25, 0.3) is 0 Å². The van der Waals surface area contributed by atoms with Gasteiger partial charge in [0.15, 0.2) is 0 Å². The number of amides is 3. The van der Waals surface area contributed by atoms with E-state index in [4.69, 9.17) is 4.74 Å². The molecule has 162 valence electrons. The highest BCUT2D eigenvalue weighted by Crippen LogP contribution is 2.25. The lowest BCUT2D eigenvalue weighted by Gasteiger charge is -2.34. The number of imide groups is 1. The van der Waals surface area contributed by atoms with E-state index in [1.807, 2.05) is 38.1 Å². The fourth-order valence-corrected chi connectivity index (χ4v) is 4.35. The van der Waals surface area contributed by atoms with Gasteiger partial charge in [-0.1, -0.05) is 23.8 Å². The number of benzene rings is 1. The van der Waals surface area contributed by atoms with E-state index in [9.17, 15) is 9.59 Å². The molecule has 30 heavy (non-hydrogen) atoms. The monoisotopic (exact) mass is 430 g/mol. The van der Waals surface area contributed by atoms with Crippen LogP contribution in [0.5, 0.6) is 0 Å². The van der Waals surface area contributed by atoms with Crippen LogP contribution in [0, 0.1) is 13.8 Å². The maximum Gasteiger partial charge on any atom is 0.325 e. The first-order chi connectivity index (χ1) is 14.4. The van der Waals surface area contributed by atoms with Gasteiger partial charge in [0.25, 0.3) is 0 Å². The molecule has 3 rings (SSSR count). The van der Waals surface area contributed by atoms with E-state index in [2.05, 4.69) is 32.3 Å². The highest BCUT2D eigenvalue weighted by atomic mass is 32.1. The maximum atomic E-state index is 12.5. The molecule has 8 heteroatoms. The Hall–Kier alpha value is -2.26. The molecule has 1 aliphatic heterocycles. The number of morpholine rings is 1. The van der Waals surface area contributed by atoms with Crippen molar-refractivity contribution in [1.29, 1.82) is 0 Å². The molecule has 3 amide bonds. The average Bonchev–Trinajstić information content (AvgIpc) is 3.25. The van der Waals surface area contributed by atoms with Crippen molar-refractivity contribution in [2.45, 2.75) is 32.9 Å². The Kier molecular flexibility index (Phi) is 7.98. The van der Waals surface area contributed by atoms with E-state index in [1.165, 1.54) is 4.88 Å². The van der Waals surface area contributed by atoms with Crippen LogP contribution in [0.3, 0.4) is 0 Å². The molecule has 1 saturated heterocycles. The highest BCUT2D eigenvalue weighted by molar-refractivity contribution is 7.10. The van der Waals surface area contributed by atoms with E-state index >= 15 is 0 Å². The van der Waals surface area contributed by atoms with Crippen LogP contribution in [0.15, 0.2) is 35.7 Å². The van der Waals surface area contributed by atoms with Crippen molar-refractivity contribution in [1.82, 2.24) is 15.5 Å². The molecule has 2 atom stereocenters. The Morgan fingerprint density at radius 3 is 2.63 bits per heavy atom. The Morgan fingerprint density at radius 1 is 1.20 bits per heavy atom. The molecule has 7 nitrogen and oxygen atoms in total. The maximum absolute atomic E-state index is 12.5. The molecule has 1 aliphatic rings. The van der Waals surface area contributed by atoms with Gasteiger partial charge in [-0.25, -0.2) is 4.79 Å². The Bertz CT molecular complexity index is 850. The summed E-state index contributed by atoms with van der Waals surface area (Å²) in [5.74, 6) is -0.357. The molecular weight excluding hydrogens is 400 g/mol. The second-order valence-corrected chi connectivity index (χ2v) is 8.55. The molecule has 2 unspecified atom stereocenters. The largest absolute Gasteiger partial charge is 0.379 e. The summed E-state index contributed by atoms with van der Waals surface area (Å²) < 4.78 is 5.47. The fraction of sp³-hybridized carbons (Fsp3) is 0.455. The van der Waals surface area contributed by atoms with Gasteiger partial charge in [0, 0.05) is 30.2 Å². The van der Waals surface area contributed by atoms with E-state index in [0.29, 0.717) is 12.2 Å². The number of thiophene rings is 1. The summed E-state index contributed by atoms with van der Waals surface area (Å²) in [5, 5.41) is 10.5. The molecule has 0 radical (unpaired) electrons. The highest BCUT2D eigenvalue weighted by Gasteiger charge is 2.25. The molecule has 0 spiro atoms. The lowest BCUT2D eigenvalue weighted by atomic mass is 10.1. The van der Waals surface area contributed by atoms with Gasteiger partial charge < -0.3 is 15.4 Å². The minimum Gasteiger partial charge on any atom is -0.379 e. The van der Waals surface area contributed by atoms with Crippen molar-refractivity contribution in [3.05, 3.63) is 51.7 Å². The van der Waals surface area contributed by atoms with Crippen LogP contribution in [-0.4, -0.2) is 55.7 Å². The third-order valence-corrected chi connectivity index (χ3v) is 6.21. The Morgan fingerprint density at radius 2 is 1.97 bits per heavy atom. The van der Waals surface area contributed by atoms with Crippen molar-refractivity contribution < 1.29 is 14.3 Å². The SMILES string of the molecule is Cc1ccc(NC(=O)NC(=O)C(C)NCC(c2cccs2)N2CCOCC2)c(C)c1. The minimum atomic E-state index is -0.524. The van der Waals surface area contributed by atoms with Crippen LogP contribution in [-0.2, 0) is 9.53 Å². The van der Waals surface area contributed by atoms with E-state index in [1.54, 1.807) is 18.3 Å². The van der Waals surface area contributed by atoms with Gasteiger partial charge in [-0.05, 0) is 43.8 Å². The third kappa shape index (κ3) is 6.12. The summed E-state index contributed by atoms with van der Waals surface area (Å²) in [6.45, 7) is 9.47. The van der Waals surface area contributed by atoms with Crippen molar-refractivity contribution in [3.8, 4) is 0 Å². The van der Waals surface area contributed by atoms with Crippen LogP contribution < -0.4 is 16.0 Å². The zero-order valence-corrected chi connectivity index (χ0v) is 18.6. The second kappa shape index (κ2) is 10.7. The van der Waals surface area contributed by atoms with E-state index in [0.717, 1.165) is 37.4 Å². The molecule has 1 aromatic carbocycles. The Balaban J connectivity index is 1.52. The van der Waals surface area contributed by atoms with E-state index in [-0.39, 0.29) is 11.9 Å². The third-order valence-electron chi connectivity index (χ3n) is 5.24. The molecule has 0 aliphatic carbocycles. The van der Waals surface area contributed by atoms with Crippen LogP contribution in [0.2, 0.25) is 0 Å². The van der Waals surface area contributed by atoms with E-state index < -0.39 is 12.1 Å². The average molecular weight is 431 g/mol. The molecule has 2 heterocycles. The molecule has 2 aromatic rings. The number of urea groups is 1. The van der Waals surface area contributed by atoms with Gasteiger partial charge in [0.1, 0.15) is 0 Å². The quantitative estimate of drug-likeness (QED) is 0.629. The van der Waals surface area contributed by atoms with Gasteiger partial charge in [-0.3, -0.25) is 15.0 Å². The van der Waals surface area contributed by atoms with Crippen molar-refractivity contribution in [2.24, 2.45) is 0 Å². The topological polar surface area (TPSA) is 82.7 Å². The number of carbonyl (C=O) groups is 2. The lowest BCUT2D eigenvalue weighted by molar-refractivity contribution is -0.121. The first kappa shape index (κ1) is 22.4. The zero-order valence-electron chi connectivity index (χ0n) is 17.7. The first-order valence-corrected chi connectivity index (χ1v) is 11.1. The van der Waals surface area contributed by atoms with Crippen LogP contribution in [0.4, 0.5) is 10.5 Å². The summed E-state index contributed by atoms with van der Waals surface area (Å²) in [5.41, 5.74) is 2.76. The lowest BCUT2D eigenvalue weighted by Crippen LogP contribution is -2.49. The summed E-state index contributed by atoms with van der Waals surface area (Å²) in [4.78, 5) is 28.4. The number of rotatable bonds is 7. The van der Waals surface area contributed by atoms with Gasteiger partial charge in [0.05, 0.1) is 25.3 Å². The number of aryl methyl sites for hydroxylation is 2. The summed E-state index contributed by atoms with van der Waals surface area (Å²) in [6, 6.07) is 9.05. The summed E-state index contributed by atoms with van der Waals surface area (Å²) >= 11 is 1.71. The van der Waals surface area contributed by atoms with Crippen molar-refractivity contribution >= 4 is 29.0 Å². The number of anilines is 1. The first-order valence-electron chi connectivity index (χ1n) is 10.2. The number of ether oxygens (including phenoxy) is 1. The smallest absolute Gasteiger partial charge is 0.325 e. The van der Waals surface area contributed by atoms with Gasteiger partial charge in [-0.15, -0.1) is 11.3 Å². The van der Waals surface area contributed by atoms with Gasteiger partial charge in [0.2, 0.25) is 5.91 Å². The zero-order chi connectivity index (χ0) is 21.5. The second-order valence-electron chi connectivity index (χ2n) is 7.57. The summed E-state index contributed by atoms with van der Waals surface area (Å²) in [6.07, 6.45) is 0. The molecule has 0 bridgehead atoms. The predicted molar refractivity (Wildman–Crippen MR) is 120 cm³/mol. The fourth-order valence-electron chi connectivity index (χ4n) is 3.49. The van der Waals surface area contributed by atoms with Gasteiger partial charge >= 0.3 is 6.03 Å². The Labute approximate surface area is 181 Å². The van der Waals surface area contributed by atoms with Crippen LogP contribution in [0.1, 0.15) is 29.0 Å². The molecule has 1 aromatic heterocycles. The predicted octanol–water partition coefficient (Wildman–Crippen LogP) is 3.06. The number of nitrogens with one attached hydrogen (secondary N) is 3. The number of hydrogen-bond acceptors (Lipinski definition) is 6. The van der Waals surface area contributed by atoms with Crippen molar-refractivity contribution in [3.63, 3.8) is 0 Å². The minimum absolute atomic E-state index is 0.174. The molecule has 0 saturated carbocycles. The summed E-state index contributed by atoms with van der Waals surface area (Å²) in [7, 11) is 0. The normalized spacial score (nSPS) is 16.6. The van der Waals surface area contributed by atoms with Gasteiger partial charge in [-0.2, -0.15) is 0 Å². The number of nitrogens with zero attached hydrogens (tertiary/aromatic N) is 1. The standard InChI is InChI=1S/C22H30N4O3S/c1-15-6-7-18(16(2)13-15)24-22(28)25-21(27)17(3)23-14-19(20-5-4-12-30-20)26-8-10-29-11-9-26/h4-7,12-13,17,19,23H,8-11,14H2,1-3H3,(H2,24,25,27,28). The van der Waals surface area contributed by atoms with Crippen molar-refractivity contribution in [2.75, 3.05) is 38.2 Å². The molecular formula is C22H30N4O3S. The molecule has 3 N–H and O–H groups in total. The number of carbonyl (C=O) groups excluding carboxylic acids is 2. The van der Waals surface area contributed by atoms with Crippen LogP contribution >= 0.6 is 11.3 Å². The number of hydrogen-bond donors (Lipinski definition) is 3.